The van der Waals surface area contributed by atoms with Crippen LogP contribution in [-0.2, 0) is 17.7 Å². The quantitative estimate of drug-likeness (QED) is 0.320. The average Bonchev–Trinajstić information content (AvgIpc) is 3.52. The van der Waals surface area contributed by atoms with E-state index in [0.717, 1.165) is 62.2 Å². The Morgan fingerprint density at radius 3 is 2.64 bits per heavy atom. The van der Waals surface area contributed by atoms with Crippen molar-refractivity contribution in [3.63, 3.8) is 0 Å². The van der Waals surface area contributed by atoms with Crippen molar-refractivity contribution in [3.8, 4) is 17.3 Å². The van der Waals surface area contributed by atoms with Gasteiger partial charge in [-0.3, -0.25) is 4.90 Å². The van der Waals surface area contributed by atoms with E-state index in [1.54, 1.807) is 22.9 Å². The van der Waals surface area contributed by atoms with Gasteiger partial charge in [-0.05, 0) is 49.9 Å². The molecule has 6 nitrogen and oxygen atoms in total. The van der Waals surface area contributed by atoms with Crippen LogP contribution in [0.3, 0.4) is 0 Å². The van der Waals surface area contributed by atoms with Gasteiger partial charge in [0, 0.05) is 26.2 Å². The summed E-state index contributed by atoms with van der Waals surface area (Å²) >= 11 is 0. The van der Waals surface area contributed by atoms with Gasteiger partial charge in [0.05, 0.1) is 29.2 Å². The van der Waals surface area contributed by atoms with Crippen molar-refractivity contribution in [1.82, 2.24) is 14.7 Å². The topological polar surface area (TPSA) is 59.8 Å². The number of aliphatic hydroxyl groups excluding tert-OH is 1. The molecule has 3 aromatic rings. The molecule has 36 heavy (non-hydrogen) atoms. The standard InChI is InChI=1S/C29H38FN3O3/c1-3-5-14-23(34)19-32(20-24-15-11-18-35-24)21-25-27(4-2)31-33(22-12-7-6-8-13-22)29(25)36-28-17-10-9-16-26(28)30/h6-10,12-13,16-17,23-24,34H,3-5,11,14-15,18-21H2,1-2H3/t23-,24-/m1/s1. The van der Waals surface area contributed by atoms with E-state index in [1.165, 1.54) is 6.07 Å². The Labute approximate surface area is 213 Å². The summed E-state index contributed by atoms with van der Waals surface area (Å²) in [6.07, 6.45) is 5.31. The van der Waals surface area contributed by atoms with Gasteiger partial charge in [-0.15, -0.1) is 0 Å². The highest BCUT2D eigenvalue weighted by molar-refractivity contribution is 5.44. The molecule has 7 heteroatoms. The van der Waals surface area contributed by atoms with Crippen LogP contribution in [-0.4, -0.2) is 51.7 Å². The molecule has 2 atom stereocenters. The number of aromatic nitrogens is 2. The normalized spacial score (nSPS) is 16.5. The lowest BCUT2D eigenvalue weighted by Gasteiger charge is -2.28. The number of nitrogens with zero attached hydrogens (tertiary/aromatic N) is 3. The van der Waals surface area contributed by atoms with Crippen molar-refractivity contribution in [2.24, 2.45) is 0 Å². The molecular formula is C29H38FN3O3. The van der Waals surface area contributed by atoms with Gasteiger partial charge in [-0.25, -0.2) is 9.07 Å². The third-order valence-corrected chi connectivity index (χ3v) is 6.63. The number of hydrogen-bond acceptors (Lipinski definition) is 5. The van der Waals surface area contributed by atoms with E-state index in [0.29, 0.717) is 25.4 Å². The minimum atomic E-state index is -0.423. The van der Waals surface area contributed by atoms with Crippen molar-refractivity contribution in [3.05, 3.63) is 71.7 Å². The lowest BCUT2D eigenvalue weighted by atomic mass is 10.1. The third kappa shape index (κ3) is 6.72. The van der Waals surface area contributed by atoms with Gasteiger partial charge in [0.15, 0.2) is 11.6 Å². The molecule has 1 aromatic heterocycles. The zero-order chi connectivity index (χ0) is 25.3. The Balaban J connectivity index is 1.70. The van der Waals surface area contributed by atoms with Gasteiger partial charge >= 0.3 is 0 Å². The van der Waals surface area contributed by atoms with Crippen LogP contribution in [0.1, 0.15) is 57.2 Å². The second-order valence-corrected chi connectivity index (χ2v) is 9.49. The number of unbranched alkanes of at least 4 members (excludes halogenated alkanes) is 1. The van der Waals surface area contributed by atoms with E-state index >= 15 is 0 Å². The number of hydrogen-bond donors (Lipinski definition) is 1. The number of aliphatic hydroxyl groups is 1. The number of rotatable bonds is 13. The van der Waals surface area contributed by atoms with Crippen LogP contribution in [0.5, 0.6) is 11.6 Å². The van der Waals surface area contributed by atoms with Crippen LogP contribution >= 0.6 is 0 Å². The zero-order valence-corrected chi connectivity index (χ0v) is 21.4. The first-order valence-electron chi connectivity index (χ1n) is 13.2. The molecule has 1 N–H and O–H groups in total. The maximum atomic E-state index is 14.6. The van der Waals surface area contributed by atoms with E-state index in [2.05, 4.69) is 18.7 Å². The van der Waals surface area contributed by atoms with Crippen molar-refractivity contribution in [2.45, 2.75) is 71.1 Å². The van der Waals surface area contributed by atoms with E-state index in [-0.39, 0.29) is 11.9 Å². The number of benzene rings is 2. The molecule has 0 spiro atoms. The van der Waals surface area contributed by atoms with E-state index in [9.17, 15) is 9.50 Å². The summed E-state index contributed by atoms with van der Waals surface area (Å²) in [6, 6.07) is 16.2. The number of halogens is 1. The molecule has 1 saturated heterocycles. The fourth-order valence-electron chi connectivity index (χ4n) is 4.73. The Kier molecular flexibility index (Phi) is 9.50. The molecule has 2 aromatic carbocycles. The molecule has 1 fully saturated rings. The van der Waals surface area contributed by atoms with Crippen LogP contribution < -0.4 is 4.74 Å². The molecular weight excluding hydrogens is 457 g/mol. The summed E-state index contributed by atoms with van der Waals surface area (Å²) in [6.45, 7) is 6.78. The Hall–Kier alpha value is -2.74. The van der Waals surface area contributed by atoms with Crippen molar-refractivity contribution < 1.29 is 19.0 Å². The molecule has 194 valence electrons. The second-order valence-electron chi connectivity index (χ2n) is 9.49. The Bertz CT molecular complexity index is 1080. The van der Waals surface area contributed by atoms with Crippen molar-refractivity contribution in [1.29, 1.82) is 0 Å². The Morgan fingerprint density at radius 2 is 1.94 bits per heavy atom. The van der Waals surface area contributed by atoms with Gasteiger partial charge < -0.3 is 14.6 Å². The molecule has 0 aliphatic carbocycles. The SMILES string of the molecule is CCCC[C@@H](O)CN(Cc1c(CC)nn(-c2ccccc2)c1Oc1ccccc1F)C[C@H]1CCCO1. The summed E-state index contributed by atoms with van der Waals surface area (Å²) in [5.74, 6) is 0.240. The molecule has 0 bridgehead atoms. The van der Waals surface area contributed by atoms with Gasteiger partial charge in [0.25, 0.3) is 0 Å². The van der Waals surface area contributed by atoms with Gasteiger partial charge in [-0.1, -0.05) is 57.0 Å². The maximum absolute atomic E-state index is 14.6. The summed E-state index contributed by atoms with van der Waals surface area (Å²) in [7, 11) is 0. The minimum absolute atomic E-state index is 0.147. The summed E-state index contributed by atoms with van der Waals surface area (Å²) in [5, 5.41) is 15.7. The highest BCUT2D eigenvalue weighted by atomic mass is 19.1. The highest BCUT2D eigenvalue weighted by Crippen LogP contribution is 2.33. The van der Waals surface area contributed by atoms with Gasteiger partial charge in [0.1, 0.15) is 0 Å². The lowest BCUT2D eigenvalue weighted by Crippen LogP contribution is -2.37. The monoisotopic (exact) mass is 495 g/mol. The summed E-state index contributed by atoms with van der Waals surface area (Å²) in [4.78, 5) is 2.25. The number of ether oxygens (including phenoxy) is 2. The highest BCUT2D eigenvalue weighted by Gasteiger charge is 2.27. The molecule has 0 saturated carbocycles. The molecule has 0 unspecified atom stereocenters. The number of aryl methyl sites for hydroxylation is 1. The van der Waals surface area contributed by atoms with Crippen LogP contribution in [0.15, 0.2) is 54.6 Å². The van der Waals surface area contributed by atoms with E-state index in [1.807, 2.05) is 30.3 Å². The van der Waals surface area contributed by atoms with Crippen LogP contribution in [0.4, 0.5) is 4.39 Å². The fraction of sp³-hybridized carbons (Fsp3) is 0.483. The number of para-hydroxylation sites is 2. The van der Waals surface area contributed by atoms with Crippen molar-refractivity contribution in [2.75, 3.05) is 19.7 Å². The Morgan fingerprint density at radius 1 is 1.17 bits per heavy atom. The van der Waals surface area contributed by atoms with E-state index in [4.69, 9.17) is 14.6 Å². The summed E-state index contributed by atoms with van der Waals surface area (Å²) in [5.41, 5.74) is 2.65. The molecule has 1 aliphatic rings. The van der Waals surface area contributed by atoms with Gasteiger partial charge in [-0.2, -0.15) is 5.10 Å². The molecule has 4 rings (SSSR count). The molecule has 1 aliphatic heterocycles. The average molecular weight is 496 g/mol. The van der Waals surface area contributed by atoms with E-state index < -0.39 is 11.9 Å². The predicted octanol–water partition coefficient (Wildman–Crippen LogP) is 5.90. The van der Waals surface area contributed by atoms with Gasteiger partial charge in [0.2, 0.25) is 5.88 Å². The molecule has 0 amide bonds. The smallest absolute Gasteiger partial charge is 0.227 e. The van der Waals surface area contributed by atoms with Crippen LogP contribution in [0.2, 0.25) is 0 Å². The van der Waals surface area contributed by atoms with Crippen LogP contribution in [0.25, 0.3) is 5.69 Å². The van der Waals surface area contributed by atoms with Crippen molar-refractivity contribution >= 4 is 0 Å². The summed E-state index contributed by atoms with van der Waals surface area (Å²) < 4.78 is 28.6. The predicted molar refractivity (Wildman–Crippen MR) is 139 cm³/mol. The molecule has 0 radical (unpaired) electrons. The first-order valence-corrected chi connectivity index (χ1v) is 13.2. The minimum Gasteiger partial charge on any atom is -0.435 e. The second kappa shape index (κ2) is 13.0. The largest absolute Gasteiger partial charge is 0.435 e. The maximum Gasteiger partial charge on any atom is 0.227 e. The first kappa shape index (κ1) is 26.3. The third-order valence-electron chi connectivity index (χ3n) is 6.63. The zero-order valence-electron chi connectivity index (χ0n) is 21.4. The first-order chi connectivity index (χ1) is 17.6. The molecule has 2 heterocycles. The lowest BCUT2D eigenvalue weighted by molar-refractivity contribution is 0.0433. The fourth-order valence-corrected chi connectivity index (χ4v) is 4.73. The van der Waals surface area contributed by atoms with Crippen LogP contribution in [0, 0.1) is 5.82 Å².